The van der Waals surface area contributed by atoms with Crippen LogP contribution in [0, 0.1) is 0 Å². The summed E-state index contributed by atoms with van der Waals surface area (Å²) in [6.07, 6.45) is 0. The number of rotatable bonds is 9. The molecule has 1 aromatic heterocycles. The monoisotopic (exact) mass is 525 g/mol. The van der Waals surface area contributed by atoms with E-state index < -0.39 is 29.3 Å². The predicted molar refractivity (Wildman–Crippen MR) is 143 cm³/mol. The molecule has 1 unspecified atom stereocenters. The summed E-state index contributed by atoms with van der Waals surface area (Å²) in [7, 11) is 1.53. The first-order valence-corrected chi connectivity index (χ1v) is 12.3. The Labute approximate surface area is 219 Å². The van der Waals surface area contributed by atoms with E-state index in [2.05, 4.69) is 9.69 Å². The zero-order chi connectivity index (χ0) is 27.3. The van der Waals surface area contributed by atoms with Crippen LogP contribution in [-0.4, -0.2) is 41.4 Å². The molecule has 3 amide bonds. The molecule has 0 aliphatic rings. The maximum atomic E-state index is 14.0. The summed E-state index contributed by atoms with van der Waals surface area (Å²) in [5.41, 5.74) is 11.5. The Morgan fingerprint density at radius 2 is 1.65 bits per heavy atom. The van der Waals surface area contributed by atoms with Gasteiger partial charge in [0.25, 0.3) is 11.8 Å². The second-order valence-electron chi connectivity index (χ2n) is 9.16. The molecule has 0 spiro atoms. The Balaban J connectivity index is 2.21. The summed E-state index contributed by atoms with van der Waals surface area (Å²) in [6, 6.07) is 12.5. The largest absolute Gasteiger partial charge is 0.497 e. The van der Waals surface area contributed by atoms with Crippen molar-refractivity contribution in [3.8, 4) is 11.5 Å². The van der Waals surface area contributed by atoms with Crippen LogP contribution in [0.2, 0.25) is 0 Å². The number of nitrogens with zero attached hydrogens (tertiary/aromatic N) is 2. The zero-order valence-corrected chi connectivity index (χ0v) is 22.2. The smallest absolute Gasteiger partial charge is 0.273 e. The molecule has 1 atom stereocenters. The zero-order valence-electron chi connectivity index (χ0n) is 21.4. The molecule has 0 radical (unpaired) electrons. The van der Waals surface area contributed by atoms with E-state index in [1.807, 2.05) is 27.7 Å². The number of ether oxygens (including phenoxy) is 2. The van der Waals surface area contributed by atoms with Crippen molar-refractivity contribution in [2.45, 2.75) is 39.3 Å². The van der Waals surface area contributed by atoms with Gasteiger partial charge in [0.15, 0.2) is 5.69 Å². The molecule has 0 aliphatic carbocycles. The summed E-state index contributed by atoms with van der Waals surface area (Å²) in [6.45, 7) is 7.90. The normalized spacial score (nSPS) is 11.9. The number of nitrogens with two attached hydrogens (primary N) is 2. The quantitative estimate of drug-likeness (QED) is 0.387. The van der Waals surface area contributed by atoms with Crippen LogP contribution >= 0.6 is 11.5 Å². The minimum atomic E-state index is -1.10. The molecule has 3 rings (SSSR count). The van der Waals surface area contributed by atoms with E-state index in [9.17, 15) is 14.4 Å². The van der Waals surface area contributed by atoms with Gasteiger partial charge in [-0.25, -0.2) is 0 Å². The fraction of sp³-hybridized carbons (Fsp3) is 0.308. The maximum Gasteiger partial charge on any atom is 0.273 e. The van der Waals surface area contributed by atoms with Gasteiger partial charge >= 0.3 is 0 Å². The molecule has 37 heavy (non-hydrogen) atoms. The lowest BCUT2D eigenvalue weighted by atomic mass is 10.00. The minimum absolute atomic E-state index is 0.0101. The molecule has 0 bridgehead atoms. The van der Waals surface area contributed by atoms with Crippen molar-refractivity contribution >= 4 is 40.6 Å². The lowest BCUT2D eigenvalue weighted by molar-refractivity contribution is -0.123. The van der Waals surface area contributed by atoms with Crippen molar-refractivity contribution < 1.29 is 23.9 Å². The number of nitrogens with one attached hydrogen (secondary N) is 1. The second kappa shape index (κ2) is 11.3. The van der Waals surface area contributed by atoms with Crippen LogP contribution in [0.4, 0.5) is 11.4 Å². The third-order valence-electron chi connectivity index (χ3n) is 5.24. The lowest BCUT2D eigenvalue weighted by Gasteiger charge is -2.33. The van der Waals surface area contributed by atoms with Crippen LogP contribution in [0.1, 0.15) is 59.5 Å². The van der Waals surface area contributed by atoms with E-state index in [-0.39, 0.29) is 16.3 Å². The van der Waals surface area contributed by atoms with Gasteiger partial charge in [-0.15, -0.1) is 0 Å². The van der Waals surface area contributed by atoms with Crippen LogP contribution in [-0.2, 0) is 4.79 Å². The van der Waals surface area contributed by atoms with E-state index in [1.165, 1.54) is 12.0 Å². The predicted octanol–water partition coefficient (Wildman–Crippen LogP) is 3.53. The van der Waals surface area contributed by atoms with E-state index in [1.54, 1.807) is 48.5 Å². The highest BCUT2D eigenvalue weighted by molar-refractivity contribution is 7.09. The first-order chi connectivity index (χ1) is 17.5. The molecule has 196 valence electrons. The fourth-order valence-electron chi connectivity index (χ4n) is 3.63. The van der Waals surface area contributed by atoms with Gasteiger partial charge in [-0.2, -0.15) is 4.37 Å². The highest BCUT2D eigenvalue weighted by Gasteiger charge is 2.37. The maximum absolute atomic E-state index is 14.0. The summed E-state index contributed by atoms with van der Waals surface area (Å²) in [4.78, 5) is 40.9. The Bertz CT molecular complexity index is 1270. The third-order valence-corrected chi connectivity index (χ3v) is 6.09. The minimum Gasteiger partial charge on any atom is -0.497 e. The Morgan fingerprint density at radius 3 is 2.14 bits per heavy atom. The molecule has 10 nitrogen and oxygen atoms in total. The Hall–Kier alpha value is -4.12. The van der Waals surface area contributed by atoms with Crippen molar-refractivity contribution in [2.24, 2.45) is 5.73 Å². The lowest BCUT2D eigenvalue weighted by Crippen LogP contribution is -2.49. The topological polar surface area (TPSA) is 150 Å². The molecule has 5 N–H and O–H groups in total. The van der Waals surface area contributed by atoms with Crippen LogP contribution in [0.3, 0.4) is 0 Å². The number of carbonyl (C=O) groups excluding carboxylic acids is 3. The van der Waals surface area contributed by atoms with Crippen molar-refractivity contribution in [1.29, 1.82) is 0 Å². The van der Waals surface area contributed by atoms with Gasteiger partial charge in [0, 0.05) is 11.2 Å². The third kappa shape index (κ3) is 6.36. The number of nitrogen functional groups attached to an aromatic ring is 1. The van der Waals surface area contributed by atoms with Gasteiger partial charge in [0.2, 0.25) is 5.91 Å². The van der Waals surface area contributed by atoms with Gasteiger partial charge < -0.3 is 26.3 Å². The molecular weight excluding hydrogens is 494 g/mol. The van der Waals surface area contributed by atoms with Crippen LogP contribution in [0.25, 0.3) is 0 Å². The molecule has 3 aromatic rings. The SMILES string of the molecule is CCOc1ccc(C(C(=O)NC(C)(C)C)N(C(=O)c2snc(C(N)=O)c2N)c2ccc(OC)cc2)cc1. The van der Waals surface area contributed by atoms with Gasteiger partial charge in [0.05, 0.1) is 19.4 Å². The number of benzene rings is 2. The summed E-state index contributed by atoms with van der Waals surface area (Å²) < 4.78 is 14.8. The number of carbonyl (C=O) groups is 3. The molecular formula is C26H31N5O5S. The van der Waals surface area contributed by atoms with E-state index in [4.69, 9.17) is 20.9 Å². The van der Waals surface area contributed by atoms with Crippen molar-refractivity contribution in [3.05, 3.63) is 64.7 Å². The number of hydrogen-bond donors (Lipinski definition) is 3. The van der Waals surface area contributed by atoms with Gasteiger partial charge in [-0.05, 0) is 81.2 Å². The first kappa shape index (κ1) is 27.5. The molecule has 0 saturated carbocycles. The van der Waals surface area contributed by atoms with E-state index in [0.717, 1.165) is 11.5 Å². The fourth-order valence-corrected chi connectivity index (χ4v) is 4.38. The highest BCUT2D eigenvalue weighted by atomic mass is 32.1. The summed E-state index contributed by atoms with van der Waals surface area (Å²) in [5.74, 6) is -0.686. The average Bonchev–Trinajstić information content (AvgIpc) is 3.23. The number of amides is 3. The van der Waals surface area contributed by atoms with Gasteiger partial charge in [-0.3, -0.25) is 19.3 Å². The van der Waals surface area contributed by atoms with Crippen LogP contribution in [0.15, 0.2) is 48.5 Å². The van der Waals surface area contributed by atoms with Crippen LogP contribution in [0.5, 0.6) is 11.5 Å². The molecule has 1 heterocycles. The summed E-state index contributed by atoms with van der Waals surface area (Å²) >= 11 is 0.746. The first-order valence-electron chi connectivity index (χ1n) is 11.5. The Morgan fingerprint density at radius 1 is 1.05 bits per heavy atom. The number of methoxy groups -OCH3 is 1. The molecule has 11 heteroatoms. The molecule has 0 fully saturated rings. The molecule has 0 aliphatic heterocycles. The second-order valence-corrected chi connectivity index (χ2v) is 9.93. The number of hydrogen-bond acceptors (Lipinski definition) is 8. The molecule has 2 aromatic carbocycles. The van der Waals surface area contributed by atoms with E-state index >= 15 is 0 Å². The average molecular weight is 526 g/mol. The van der Waals surface area contributed by atoms with Crippen molar-refractivity contribution in [2.75, 3.05) is 24.4 Å². The number of aromatic nitrogens is 1. The number of primary amides is 1. The van der Waals surface area contributed by atoms with Gasteiger partial charge in [0.1, 0.15) is 22.4 Å². The number of anilines is 2. The van der Waals surface area contributed by atoms with Crippen LogP contribution < -0.4 is 31.2 Å². The van der Waals surface area contributed by atoms with Crippen molar-refractivity contribution in [1.82, 2.24) is 9.69 Å². The van der Waals surface area contributed by atoms with Gasteiger partial charge in [-0.1, -0.05) is 12.1 Å². The molecule has 0 saturated heterocycles. The highest BCUT2D eigenvalue weighted by Crippen LogP contribution is 2.34. The van der Waals surface area contributed by atoms with E-state index in [0.29, 0.717) is 29.4 Å². The van der Waals surface area contributed by atoms with Crippen molar-refractivity contribution in [3.63, 3.8) is 0 Å². The standard InChI is InChI=1S/C26H31N5O5S/c1-6-36-18-11-7-15(8-12-18)21(24(33)29-26(2,3)4)31(16-9-13-17(35-5)14-10-16)25(34)22-19(27)20(23(28)32)30-37-22/h7-14,21H,6,27H2,1-5H3,(H2,28,32)(H,29,33). The Kier molecular flexibility index (Phi) is 8.38. The summed E-state index contributed by atoms with van der Waals surface area (Å²) in [5, 5.41) is 2.97.